The summed E-state index contributed by atoms with van der Waals surface area (Å²) < 4.78 is 1.08. The van der Waals surface area contributed by atoms with Crippen molar-refractivity contribution < 1.29 is 0 Å². The number of aromatic nitrogens is 1. The lowest BCUT2D eigenvalue weighted by Gasteiger charge is -2.12. The summed E-state index contributed by atoms with van der Waals surface area (Å²) in [5.41, 5.74) is 3.47. The average molecular weight is 373 g/mol. The van der Waals surface area contributed by atoms with Gasteiger partial charge < -0.3 is 5.32 Å². The lowest BCUT2D eigenvalue weighted by atomic mass is 10.1. The van der Waals surface area contributed by atoms with Crippen molar-refractivity contribution >= 4 is 32.4 Å². The third-order valence-electron chi connectivity index (χ3n) is 3.55. The van der Waals surface area contributed by atoms with E-state index in [1.807, 2.05) is 18.2 Å². The molecular weight excluding hydrogens is 356 g/mol. The zero-order chi connectivity index (χ0) is 15.5. The van der Waals surface area contributed by atoms with Gasteiger partial charge in [-0.25, -0.2) is 4.98 Å². The molecule has 0 aliphatic rings. The Labute approximate surface area is 143 Å². The molecular formula is C18H17BrN2S. The molecule has 0 fully saturated rings. The minimum atomic E-state index is 0.240. The van der Waals surface area contributed by atoms with Gasteiger partial charge in [-0.15, -0.1) is 11.3 Å². The summed E-state index contributed by atoms with van der Waals surface area (Å²) in [6, 6.07) is 19.0. The Bertz CT molecular complexity index is 751. The van der Waals surface area contributed by atoms with Crippen molar-refractivity contribution in [2.75, 3.05) is 5.32 Å². The predicted molar refractivity (Wildman–Crippen MR) is 98.5 cm³/mol. The lowest BCUT2D eigenvalue weighted by molar-refractivity contribution is 0.882. The summed E-state index contributed by atoms with van der Waals surface area (Å²) in [6.45, 7) is 4.28. The highest BCUT2D eigenvalue weighted by Crippen LogP contribution is 2.32. The first-order chi connectivity index (χ1) is 10.6. The van der Waals surface area contributed by atoms with Crippen molar-refractivity contribution in [1.82, 2.24) is 4.98 Å². The van der Waals surface area contributed by atoms with E-state index in [9.17, 15) is 0 Å². The first kappa shape index (κ1) is 15.3. The summed E-state index contributed by atoms with van der Waals surface area (Å²) in [7, 11) is 0. The number of hydrogen-bond acceptors (Lipinski definition) is 3. The van der Waals surface area contributed by atoms with Crippen LogP contribution in [-0.2, 0) is 0 Å². The Balaban J connectivity index is 1.82. The normalized spacial score (nSPS) is 12.1. The summed E-state index contributed by atoms with van der Waals surface area (Å²) in [6.07, 6.45) is 0. The fourth-order valence-electron chi connectivity index (χ4n) is 2.34. The van der Waals surface area contributed by atoms with Crippen LogP contribution in [0, 0.1) is 6.92 Å². The van der Waals surface area contributed by atoms with Crippen molar-refractivity contribution in [3.63, 3.8) is 0 Å². The molecule has 0 aliphatic carbocycles. The van der Waals surface area contributed by atoms with E-state index in [0.717, 1.165) is 20.9 Å². The summed E-state index contributed by atoms with van der Waals surface area (Å²) in [5.74, 6) is 0. The molecule has 1 atom stereocenters. The van der Waals surface area contributed by atoms with Gasteiger partial charge in [0.05, 0.1) is 11.7 Å². The molecule has 3 rings (SSSR count). The van der Waals surface area contributed by atoms with Crippen LogP contribution in [0.3, 0.4) is 0 Å². The maximum absolute atomic E-state index is 4.77. The van der Waals surface area contributed by atoms with Gasteiger partial charge >= 0.3 is 0 Å². The van der Waals surface area contributed by atoms with E-state index in [1.165, 1.54) is 10.4 Å². The van der Waals surface area contributed by atoms with E-state index < -0.39 is 0 Å². The van der Waals surface area contributed by atoms with Gasteiger partial charge in [-0.2, -0.15) is 0 Å². The van der Waals surface area contributed by atoms with E-state index in [2.05, 4.69) is 71.5 Å². The van der Waals surface area contributed by atoms with E-state index in [-0.39, 0.29) is 6.04 Å². The van der Waals surface area contributed by atoms with Crippen LogP contribution in [0.4, 0.5) is 5.13 Å². The van der Waals surface area contributed by atoms with Crippen LogP contribution in [0.2, 0.25) is 0 Å². The van der Waals surface area contributed by atoms with Crippen LogP contribution in [0.5, 0.6) is 0 Å². The molecule has 3 aromatic rings. The number of thiazole rings is 1. The van der Waals surface area contributed by atoms with Gasteiger partial charge in [0, 0.05) is 14.9 Å². The first-order valence-corrected chi connectivity index (χ1v) is 8.79. The van der Waals surface area contributed by atoms with Gasteiger partial charge in [0.2, 0.25) is 0 Å². The average Bonchev–Trinajstić information content (AvgIpc) is 2.89. The molecule has 1 unspecified atom stereocenters. The molecule has 4 heteroatoms. The van der Waals surface area contributed by atoms with Gasteiger partial charge in [0.15, 0.2) is 5.13 Å². The SMILES string of the molecule is Cc1sc(NC(C)c2ccccc2)nc1-c1ccc(Br)cc1. The fraction of sp³-hybridized carbons (Fsp3) is 0.167. The summed E-state index contributed by atoms with van der Waals surface area (Å²) in [4.78, 5) is 5.99. The lowest BCUT2D eigenvalue weighted by Crippen LogP contribution is -2.05. The predicted octanol–water partition coefficient (Wildman–Crippen LogP) is 6.05. The van der Waals surface area contributed by atoms with Gasteiger partial charge in [-0.1, -0.05) is 58.4 Å². The van der Waals surface area contributed by atoms with E-state index >= 15 is 0 Å². The standard InChI is InChI=1S/C18H17BrN2S/c1-12(14-6-4-3-5-7-14)20-18-21-17(13(2)22-18)15-8-10-16(19)11-9-15/h3-12H,1-2H3,(H,20,21). The van der Waals surface area contributed by atoms with Crippen LogP contribution in [-0.4, -0.2) is 4.98 Å². The summed E-state index contributed by atoms with van der Waals surface area (Å²) in [5, 5.41) is 4.46. The third-order valence-corrected chi connectivity index (χ3v) is 4.98. The molecule has 0 saturated heterocycles. The molecule has 112 valence electrons. The number of aryl methyl sites for hydroxylation is 1. The molecule has 1 aromatic heterocycles. The molecule has 0 radical (unpaired) electrons. The van der Waals surface area contributed by atoms with Gasteiger partial charge in [0.25, 0.3) is 0 Å². The maximum Gasteiger partial charge on any atom is 0.183 e. The van der Waals surface area contributed by atoms with Crippen LogP contribution < -0.4 is 5.32 Å². The van der Waals surface area contributed by atoms with E-state index in [4.69, 9.17) is 4.98 Å². The molecule has 2 nitrogen and oxygen atoms in total. The largest absolute Gasteiger partial charge is 0.355 e. The molecule has 1 heterocycles. The van der Waals surface area contributed by atoms with Gasteiger partial charge in [-0.05, 0) is 31.5 Å². The van der Waals surface area contributed by atoms with E-state index in [0.29, 0.717) is 0 Å². The molecule has 0 amide bonds. The molecule has 0 bridgehead atoms. The summed E-state index contributed by atoms with van der Waals surface area (Å²) >= 11 is 5.17. The van der Waals surface area contributed by atoms with Crippen molar-refractivity contribution in [2.45, 2.75) is 19.9 Å². The second-order valence-corrected chi connectivity index (χ2v) is 7.33. The zero-order valence-corrected chi connectivity index (χ0v) is 14.9. The number of rotatable bonds is 4. The number of nitrogens with one attached hydrogen (secondary N) is 1. The highest BCUT2D eigenvalue weighted by molar-refractivity contribution is 9.10. The monoisotopic (exact) mass is 372 g/mol. The van der Waals surface area contributed by atoms with Crippen molar-refractivity contribution in [3.8, 4) is 11.3 Å². The Morgan fingerprint density at radius 3 is 2.41 bits per heavy atom. The topological polar surface area (TPSA) is 24.9 Å². The Kier molecular flexibility index (Phi) is 4.60. The van der Waals surface area contributed by atoms with Crippen molar-refractivity contribution in [2.24, 2.45) is 0 Å². The van der Waals surface area contributed by atoms with E-state index in [1.54, 1.807) is 11.3 Å². The second kappa shape index (κ2) is 6.63. The fourth-order valence-corrected chi connectivity index (χ4v) is 3.53. The third kappa shape index (κ3) is 3.39. The smallest absolute Gasteiger partial charge is 0.183 e. The second-order valence-electron chi connectivity index (χ2n) is 5.21. The number of benzene rings is 2. The minimum Gasteiger partial charge on any atom is -0.355 e. The van der Waals surface area contributed by atoms with Gasteiger partial charge in [-0.3, -0.25) is 0 Å². The number of anilines is 1. The maximum atomic E-state index is 4.77. The van der Waals surface area contributed by atoms with Crippen molar-refractivity contribution in [3.05, 3.63) is 69.5 Å². The molecule has 22 heavy (non-hydrogen) atoms. The molecule has 1 N–H and O–H groups in total. The van der Waals surface area contributed by atoms with Crippen LogP contribution >= 0.6 is 27.3 Å². The molecule has 0 aliphatic heterocycles. The van der Waals surface area contributed by atoms with Gasteiger partial charge in [0.1, 0.15) is 0 Å². The minimum absolute atomic E-state index is 0.240. The zero-order valence-electron chi connectivity index (χ0n) is 12.5. The number of halogens is 1. The quantitative estimate of drug-likeness (QED) is 0.602. The van der Waals surface area contributed by atoms with Crippen molar-refractivity contribution in [1.29, 1.82) is 0 Å². The van der Waals surface area contributed by atoms with Crippen LogP contribution in [0.1, 0.15) is 23.4 Å². The Hall–Kier alpha value is -1.65. The molecule has 0 saturated carbocycles. The highest BCUT2D eigenvalue weighted by atomic mass is 79.9. The highest BCUT2D eigenvalue weighted by Gasteiger charge is 2.12. The Morgan fingerprint density at radius 1 is 1.05 bits per heavy atom. The molecule has 0 spiro atoms. The first-order valence-electron chi connectivity index (χ1n) is 7.18. The molecule has 2 aromatic carbocycles. The number of hydrogen-bond donors (Lipinski definition) is 1. The van der Waals surface area contributed by atoms with Crippen LogP contribution in [0.15, 0.2) is 59.1 Å². The number of nitrogens with zero attached hydrogens (tertiary/aromatic N) is 1. The Morgan fingerprint density at radius 2 is 1.73 bits per heavy atom. The van der Waals surface area contributed by atoms with Crippen LogP contribution in [0.25, 0.3) is 11.3 Å².